The number of nitrogens with zero attached hydrogens (tertiary/aromatic N) is 2. The number of thiophene rings is 2. The van der Waals surface area contributed by atoms with E-state index in [4.69, 9.17) is 9.72 Å². The molecule has 6 nitrogen and oxygen atoms in total. The number of para-hydroxylation sites is 1. The molecule has 0 aliphatic heterocycles. The van der Waals surface area contributed by atoms with Crippen molar-refractivity contribution in [3.8, 4) is 16.6 Å². The van der Waals surface area contributed by atoms with Crippen LogP contribution in [0.25, 0.3) is 21.5 Å². The van der Waals surface area contributed by atoms with Gasteiger partial charge in [0.15, 0.2) is 0 Å². The minimum atomic E-state index is -0.505. The van der Waals surface area contributed by atoms with E-state index >= 15 is 0 Å². The van der Waals surface area contributed by atoms with Gasteiger partial charge < -0.3 is 10.1 Å². The Morgan fingerprint density at radius 1 is 1.12 bits per heavy atom. The maximum absolute atomic E-state index is 13.4. The highest BCUT2D eigenvalue weighted by Gasteiger charge is 2.24. The molecule has 0 aliphatic rings. The molecular formula is C25H21N3O3S2. The van der Waals surface area contributed by atoms with Gasteiger partial charge in [0.05, 0.1) is 33.3 Å². The summed E-state index contributed by atoms with van der Waals surface area (Å²) < 4.78 is 5.29. The van der Waals surface area contributed by atoms with Gasteiger partial charge in [-0.15, -0.1) is 22.7 Å². The van der Waals surface area contributed by atoms with E-state index in [9.17, 15) is 14.9 Å². The summed E-state index contributed by atoms with van der Waals surface area (Å²) in [7, 11) is 0. The van der Waals surface area contributed by atoms with E-state index < -0.39 is 5.97 Å². The molecule has 0 saturated heterocycles. The van der Waals surface area contributed by atoms with Gasteiger partial charge in [0.2, 0.25) is 0 Å². The molecule has 0 saturated carbocycles. The molecule has 0 bridgehead atoms. The second kappa shape index (κ2) is 9.14. The van der Waals surface area contributed by atoms with Gasteiger partial charge >= 0.3 is 5.97 Å². The molecule has 3 aromatic heterocycles. The third-order valence-electron chi connectivity index (χ3n) is 4.97. The van der Waals surface area contributed by atoms with Crippen LogP contribution in [0.5, 0.6) is 0 Å². The number of carbonyl (C=O) groups excluding carboxylic acids is 2. The number of amides is 1. The van der Waals surface area contributed by atoms with Gasteiger partial charge in [-0.25, -0.2) is 9.78 Å². The van der Waals surface area contributed by atoms with Gasteiger partial charge in [0, 0.05) is 10.3 Å². The summed E-state index contributed by atoms with van der Waals surface area (Å²) in [6.45, 7) is 7.22. The summed E-state index contributed by atoms with van der Waals surface area (Å²) in [5.41, 5.74) is 2.62. The maximum Gasteiger partial charge on any atom is 0.348 e. The van der Waals surface area contributed by atoms with Gasteiger partial charge in [-0.2, -0.15) is 5.26 Å². The van der Waals surface area contributed by atoms with E-state index in [0.29, 0.717) is 37.6 Å². The van der Waals surface area contributed by atoms with Crippen LogP contribution in [0.1, 0.15) is 49.9 Å². The second-order valence-electron chi connectivity index (χ2n) is 7.76. The largest absolute Gasteiger partial charge is 0.459 e. The quantitative estimate of drug-likeness (QED) is 0.341. The number of pyridine rings is 1. The average molecular weight is 476 g/mol. The molecule has 0 spiro atoms. The van der Waals surface area contributed by atoms with Crippen LogP contribution in [0.15, 0.2) is 42.5 Å². The zero-order valence-corrected chi connectivity index (χ0v) is 20.2. The molecule has 0 fully saturated rings. The van der Waals surface area contributed by atoms with E-state index in [1.807, 2.05) is 43.3 Å². The van der Waals surface area contributed by atoms with Crippen molar-refractivity contribution in [1.29, 1.82) is 5.26 Å². The van der Waals surface area contributed by atoms with Crippen LogP contribution in [0, 0.1) is 25.2 Å². The number of hydrogen-bond donors (Lipinski definition) is 1. The number of carbonyl (C=O) groups is 2. The normalized spacial score (nSPS) is 10.9. The lowest BCUT2D eigenvalue weighted by Crippen LogP contribution is -2.13. The number of rotatable bonds is 5. The number of aromatic nitrogens is 1. The number of fused-ring (bicyclic) bond motifs is 1. The van der Waals surface area contributed by atoms with Crippen molar-refractivity contribution >= 4 is 50.5 Å². The highest BCUT2D eigenvalue weighted by molar-refractivity contribution is 7.18. The summed E-state index contributed by atoms with van der Waals surface area (Å²) in [5, 5.41) is 13.6. The fraction of sp³-hybridized carbons (Fsp3) is 0.200. The molecule has 0 atom stereocenters. The van der Waals surface area contributed by atoms with Crippen LogP contribution in [0.2, 0.25) is 0 Å². The zero-order chi connectivity index (χ0) is 23.7. The van der Waals surface area contributed by atoms with Gasteiger partial charge in [0.25, 0.3) is 5.91 Å². The number of esters is 1. The summed E-state index contributed by atoms with van der Waals surface area (Å²) >= 11 is 2.66. The Morgan fingerprint density at radius 3 is 2.55 bits per heavy atom. The SMILES string of the molecule is Cc1ccc(-c2cc(C(=O)Nc3sc(C(=O)OC(C)C)c(C)c3C#N)c3ccccc3n2)s1. The van der Waals surface area contributed by atoms with Crippen LogP contribution < -0.4 is 5.32 Å². The molecule has 33 heavy (non-hydrogen) atoms. The lowest BCUT2D eigenvalue weighted by Gasteiger charge is -2.09. The number of anilines is 1. The Balaban J connectivity index is 1.76. The van der Waals surface area contributed by atoms with Crippen molar-refractivity contribution in [3.05, 3.63) is 68.9 Å². The van der Waals surface area contributed by atoms with Crippen molar-refractivity contribution < 1.29 is 14.3 Å². The van der Waals surface area contributed by atoms with Crippen molar-refractivity contribution in [3.63, 3.8) is 0 Å². The van der Waals surface area contributed by atoms with Crippen molar-refractivity contribution in [2.45, 2.75) is 33.8 Å². The summed E-state index contributed by atoms with van der Waals surface area (Å²) in [6.07, 6.45) is -0.287. The third-order valence-corrected chi connectivity index (χ3v) is 7.18. The minimum Gasteiger partial charge on any atom is -0.459 e. The van der Waals surface area contributed by atoms with Crippen molar-refractivity contribution in [1.82, 2.24) is 4.98 Å². The van der Waals surface area contributed by atoms with E-state index in [2.05, 4.69) is 11.4 Å². The molecule has 1 amide bonds. The lowest BCUT2D eigenvalue weighted by atomic mass is 10.1. The molecule has 1 N–H and O–H groups in total. The van der Waals surface area contributed by atoms with Gasteiger partial charge in [-0.1, -0.05) is 18.2 Å². The number of ether oxygens (including phenoxy) is 1. The Morgan fingerprint density at radius 2 is 1.88 bits per heavy atom. The maximum atomic E-state index is 13.4. The molecule has 3 heterocycles. The standard InChI is InChI=1S/C25H21N3O3S2/c1-13(2)31-25(30)22-15(4)18(12-26)24(33-22)28-23(29)17-11-20(21-10-9-14(3)32-21)27-19-8-6-5-7-16(17)19/h5-11,13H,1-4H3,(H,28,29). The molecule has 0 aliphatic carbocycles. The average Bonchev–Trinajstić information content (AvgIpc) is 3.35. The predicted molar refractivity (Wildman–Crippen MR) is 132 cm³/mol. The van der Waals surface area contributed by atoms with Crippen LogP contribution in [0.4, 0.5) is 5.00 Å². The van der Waals surface area contributed by atoms with E-state index in [1.165, 1.54) is 0 Å². The zero-order valence-electron chi connectivity index (χ0n) is 18.6. The molecule has 0 radical (unpaired) electrons. The summed E-state index contributed by atoms with van der Waals surface area (Å²) in [5.74, 6) is -0.876. The van der Waals surface area contributed by atoms with Crippen molar-refractivity contribution in [2.75, 3.05) is 5.32 Å². The minimum absolute atomic E-state index is 0.261. The molecule has 4 aromatic rings. The lowest BCUT2D eigenvalue weighted by molar-refractivity contribution is 0.0383. The van der Waals surface area contributed by atoms with Crippen LogP contribution >= 0.6 is 22.7 Å². The Hall–Kier alpha value is -3.54. The smallest absolute Gasteiger partial charge is 0.348 e. The molecule has 4 rings (SSSR count). The fourth-order valence-corrected chi connectivity index (χ4v) is 5.29. The molecule has 166 valence electrons. The summed E-state index contributed by atoms with van der Waals surface area (Å²) in [4.78, 5) is 33.0. The fourth-order valence-electron chi connectivity index (χ4n) is 3.43. The first kappa shape index (κ1) is 22.6. The highest BCUT2D eigenvalue weighted by Crippen LogP contribution is 2.35. The number of nitriles is 1. The van der Waals surface area contributed by atoms with Crippen LogP contribution in [-0.2, 0) is 4.74 Å². The molecule has 1 aromatic carbocycles. The third kappa shape index (κ3) is 4.51. The molecule has 8 heteroatoms. The van der Waals surface area contributed by atoms with Crippen molar-refractivity contribution in [2.24, 2.45) is 0 Å². The first-order chi connectivity index (χ1) is 15.8. The Labute approximate surface area is 199 Å². The predicted octanol–water partition coefficient (Wildman–Crippen LogP) is 6.33. The monoisotopic (exact) mass is 475 g/mol. The van der Waals surface area contributed by atoms with Gasteiger partial charge in [0.1, 0.15) is 15.9 Å². The summed E-state index contributed by atoms with van der Waals surface area (Å²) in [6, 6.07) is 15.3. The topological polar surface area (TPSA) is 92.1 Å². The first-order valence-corrected chi connectivity index (χ1v) is 11.9. The van der Waals surface area contributed by atoms with Crippen LogP contribution in [0.3, 0.4) is 0 Å². The van der Waals surface area contributed by atoms with E-state index in [1.54, 1.807) is 38.2 Å². The highest BCUT2D eigenvalue weighted by atomic mass is 32.1. The number of benzene rings is 1. The number of hydrogen-bond acceptors (Lipinski definition) is 7. The van der Waals surface area contributed by atoms with Gasteiger partial charge in [-0.3, -0.25) is 4.79 Å². The Bertz CT molecular complexity index is 1430. The first-order valence-electron chi connectivity index (χ1n) is 10.3. The van der Waals surface area contributed by atoms with Crippen LogP contribution in [-0.4, -0.2) is 23.0 Å². The second-order valence-corrected chi connectivity index (χ2v) is 10.1. The molecule has 0 unspecified atom stereocenters. The van der Waals surface area contributed by atoms with E-state index in [-0.39, 0.29) is 17.6 Å². The van der Waals surface area contributed by atoms with Gasteiger partial charge in [-0.05, 0) is 57.5 Å². The number of nitrogens with one attached hydrogen (secondary N) is 1. The van der Waals surface area contributed by atoms with E-state index in [0.717, 1.165) is 21.1 Å². The number of aryl methyl sites for hydroxylation is 1. The Kier molecular flexibility index (Phi) is 6.27. The molecular weight excluding hydrogens is 454 g/mol.